The van der Waals surface area contributed by atoms with Crippen molar-refractivity contribution in [3.8, 4) is 0 Å². The molecule has 0 unspecified atom stereocenters. The Hall–Kier alpha value is 0.0200. The van der Waals surface area contributed by atoms with Crippen LogP contribution in [0.25, 0.3) is 0 Å². The van der Waals surface area contributed by atoms with Gasteiger partial charge in [-0.2, -0.15) is 0 Å². The lowest BCUT2D eigenvalue weighted by molar-refractivity contribution is -0.00964. The Morgan fingerprint density at radius 2 is 0.909 bits per heavy atom. The van der Waals surface area contributed by atoms with Crippen molar-refractivity contribution in [2.75, 3.05) is 0 Å². The first kappa shape index (κ1) is 22.0. The third-order valence-corrected chi connectivity index (χ3v) is 5.72. The fourth-order valence-electron chi connectivity index (χ4n) is 3.43. The molecule has 0 bridgehead atoms. The molecule has 0 aliphatic carbocycles. The molecule has 0 aromatic rings. The summed E-state index contributed by atoms with van der Waals surface area (Å²) < 4.78 is 24.6. The van der Waals surface area contributed by atoms with Crippen molar-refractivity contribution in [1.29, 1.82) is 0 Å². The molecule has 0 aromatic heterocycles. The summed E-state index contributed by atoms with van der Waals surface area (Å²) in [5.41, 5.74) is -0.566. The zero-order valence-electron chi connectivity index (χ0n) is 15.7. The Balaban J connectivity index is 4.97. The van der Waals surface area contributed by atoms with Crippen LogP contribution in [0.2, 0.25) is 0 Å². The third kappa shape index (κ3) is 7.06. The maximum Gasteiger partial charge on any atom is 0.698 e. The van der Waals surface area contributed by atoms with E-state index in [1.54, 1.807) is 0 Å². The molecule has 0 fully saturated rings. The van der Waals surface area contributed by atoms with Crippen molar-refractivity contribution >= 4 is 8.25 Å². The lowest BCUT2D eigenvalue weighted by Crippen LogP contribution is -2.33. The van der Waals surface area contributed by atoms with E-state index in [-0.39, 0.29) is 11.2 Å². The highest BCUT2D eigenvalue weighted by atomic mass is 31.1. The van der Waals surface area contributed by atoms with Crippen molar-refractivity contribution in [2.24, 2.45) is 0 Å². The van der Waals surface area contributed by atoms with Crippen molar-refractivity contribution in [3.63, 3.8) is 0 Å². The van der Waals surface area contributed by atoms with Gasteiger partial charge in [-0.3, -0.25) is 0 Å². The minimum Gasteiger partial charge on any atom is -0.112 e. The van der Waals surface area contributed by atoms with Gasteiger partial charge in [-0.05, 0) is 38.5 Å². The second kappa shape index (κ2) is 11.5. The molecule has 0 amide bonds. The maximum atomic E-state index is 12.6. The van der Waals surface area contributed by atoms with E-state index in [0.29, 0.717) is 0 Å². The molecular weight excluding hydrogens is 295 g/mol. The SMILES string of the molecule is CCCC(CC)(CCC)O[P+](=O)OC(CC)(CCC)CCC. The maximum absolute atomic E-state index is 12.6. The molecule has 22 heavy (non-hydrogen) atoms. The summed E-state index contributed by atoms with van der Waals surface area (Å²) in [6.45, 7) is 12.9. The van der Waals surface area contributed by atoms with E-state index in [4.69, 9.17) is 9.05 Å². The molecule has 132 valence electrons. The molecule has 0 saturated heterocycles. The van der Waals surface area contributed by atoms with Gasteiger partial charge in [0.25, 0.3) is 0 Å². The van der Waals surface area contributed by atoms with E-state index in [2.05, 4.69) is 41.5 Å². The van der Waals surface area contributed by atoms with Crippen LogP contribution in [-0.4, -0.2) is 11.2 Å². The highest BCUT2D eigenvalue weighted by Gasteiger charge is 2.45. The molecule has 0 aromatic carbocycles. The minimum absolute atomic E-state index is 0.283. The predicted octanol–water partition coefficient (Wildman–Crippen LogP) is 7.18. The van der Waals surface area contributed by atoms with Gasteiger partial charge in [0.2, 0.25) is 0 Å². The Morgan fingerprint density at radius 3 is 1.09 bits per heavy atom. The van der Waals surface area contributed by atoms with Crippen LogP contribution < -0.4 is 0 Å². The quantitative estimate of drug-likeness (QED) is 0.316. The largest absolute Gasteiger partial charge is 0.698 e. The predicted molar refractivity (Wildman–Crippen MR) is 95.5 cm³/mol. The molecule has 0 aliphatic rings. The van der Waals surface area contributed by atoms with Crippen LogP contribution in [0.15, 0.2) is 0 Å². The Morgan fingerprint density at radius 1 is 0.636 bits per heavy atom. The summed E-state index contributed by atoms with van der Waals surface area (Å²) >= 11 is 0. The molecule has 0 saturated carbocycles. The number of hydrogen-bond acceptors (Lipinski definition) is 3. The van der Waals surface area contributed by atoms with Crippen LogP contribution in [0.3, 0.4) is 0 Å². The highest BCUT2D eigenvalue weighted by molar-refractivity contribution is 7.33. The molecule has 0 rings (SSSR count). The lowest BCUT2D eigenvalue weighted by atomic mass is 9.90. The normalized spacial score (nSPS) is 12.6. The van der Waals surface area contributed by atoms with Gasteiger partial charge in [-0.15, -0.1) is 9.05 Å². The van der Waals surface area contributed by atoms with E-state index in [1.165, 1.54) is 0 Å². The zero-order valence-corrected chi connectivity index (χ0v) is 16.6. The van der Waals surface area contributed by atoms with Crippen LogP contribution in [0.4, 0.5) is 0 Å². The van der Waals surface area contributed by atoms with Gasteiger partial charge < -0.3 is 0 Å². The van der Waals surface area contributed by atoms with E-state index in [0.717, 1.165) is 64.2 Å². The molecule has 3 nitrogen and oxygen atoms in total. The fourth-order valence-corrected chi connectivity index (χ4v) is 4.72. The Bertz CT molecular complexity index is 265. The molecule has 0 N–H and O–H groups in total. The van der Waals surface area contributed by atoms with Crippen molar-refractivity contribution in [2.45, 2.75) is 117 Å². The lowest BCUT2D eigenvalue weighted by Gasteiger charge is -2.28. The first-order valence-corrected chi connectivity index (χ1v) is 10.4. The molecular formula is C18H38O3P+. The molecule has 0 aliphatic heterocycles. The summed E-state index contributed by atoms with van der Waals surface area (Å²) in [5.74, 6) is 0. The third-order valence-electron chi connectivity index (χ3n) is 4.65. The molecule has 0 atom stereocenters. The molecule has 0 heterocycles. The smallest absolute Gasteiger partial charge is 0.112 e. The van der Waals surface area contributed by atoms with Crippen LogP contribution in [0.1, 0.15) is 106 Å². The Labute approximate surface area is 139 Å². The summed E-state index contributed by atoms with van der Waals surface area (Å²) in [7, 11) is -2.06. The van der Waals surface area contributed by atoms with Crippen LogP contribution in [-0.2, 0) is 13.6 Å². The average molecular weight is 333 g/mol. The van der Waals surface area contributed by atoms with Crippen molar-refractivity contribution in [3.05, 3.63) is 0 Å². The molecule has 4 heteroatoms. The van der Waals surface area contributed by atoms with Crippen LogP contribution in [0, 0.1) is 0 Å². The van der Waals surface area contributed by atoms with E-state index in [9.17, 15) is 4.57 Å². The number of hydrogen-bond donors (Lipinski definition) is 0. The van der Waals surface area contributed by atoms with Gasteiger partial charge in [0.05, 0.1) is 0 Å². The minimum atomic E-state index is -2.06. The Kier molecular flexibility index (Phi) is 11.6. The zero-order chi connectivity index (χ0) is 17.1. The molecule has 0 spiro atoms. The van der Waals surface area contributed by atoms with Gasteiger partial charge in [-0.1, -0.05) is 67.2 Å². The average Bonchev–Trinajstić information content (AvgIpc) is 2.47. The summed E-state index contributed by atoms with van der Waals surface area (Å²) in [6, 6.07) is 0. The van der Waals surface area contributed by atoms with Crippen molar-refractivity contribution < 1.29 is 13.6 Å². The number of rotatable bonds is 14. The van der Waals surface area contributed by atoms with Gasteiger partial charge in [-0.25, -0.2) is 0 Å². The first-order valence-electron chi connectivity index (χ1n) is 9.32. The van der Waals surface area contributed by atoms with Gasteiger partial charge in [0, 0.05) is 4.57 Å². The topological polar surface area (TPSA) is 35.5 Å². The first-order chi connectivity index (χ1) is 10.5. The fraction of sp³-hybridized carbons (Fsp3) is 1.00. The van der Waals surface area contributed by atoms with E-state index >= 15 is 0 Å². The monoisotopic (exact) mass is 333 g/mol. The van der Waals surface area contributed by atoms with Crippen LogP contribution in [0.5, 0.6) is 0 Å². The summed E-state index contributed by atoms with van der Waals surface area (Å²) in [4.78, 5) is 0. The van der Waals surface area contributed by atoms with E-state index in [1.807, 2.05) is 0 Å². The highest BCUT2D eigenvalue weighted by Crippen LogP contribution is 2.45. The van der Waals surface area contributed by atoms with Gasteiger partial charge in [0.15, 0.2) is 0 Å². The standard InChI is InChI=1S/C18H38O3P/c1-7-13-17(11-5,14-8-2)20-22(19)21-18(12-6,15-9-3)16-10-4/h7-16H2,1-6H3/q+1. The second-order valence-corrected chi connectivity index (χ2v) is 7.29. The summed E-state index contributed by atoms with van der Waals surface area (Å²) in [5, 5.41) is 0. The summed E-state index contributed by atoms with van der Waals surface area (Å²) in [6.07, 6.45) is 9.73. The van der Waals surface area contributed by atoms with Crippen molar-refractivity contribution in [1.82, 2.24) is 0 Å². The second-order valence-electron chi connectivity index (χ2n) is 6.48. The van der Waals surface area contributed by atoms with Gasteiger partial charge >= 0.3 is 8.25 Å². The van der Waals surface area contributed by atoms with Gasteiger partial charge in [0.1, 0.15) is 11.2 Å². The van der Waals surface area contributed by atoms with E-state index < -0.39 is 8.25 Å². The van der Waals surface area contributed by atoms with Crippen LogP contribution >= 0.6 is 8.25 Å². The molecule has 0 radical (unpaired) electrons.